The summed E-state index contributed by atoms with van der Waals surface area (Å²) in [4.78, 5) is 0. The Hall–Kier alpha value is 0.590. The van der Waals surface area contributed by atoms with E-state index < -0.39 is 20.9 Å². The Kier molecular flexibility index (Phi) is 5.13. The predicted molar refractivity (Wildman–Crippen MR) is 21.5 cm³/mol. The van der Waals surface area contributed by atoms with Crippen molar-refractivity contribution in [3.63, 3.8) is 0 Å². The molecule has 0 aliphatic rings. The molecule has 0 saturated heterocycles. The summed E-state index contributed by atoms with van der Waals surface area (Å²) >= 11 is -0.777. The molecule has 0 saturated carbocycles. The molecule has 0 aromatic rings. The van der Waals surface area contributed by atoms with Crippen molar-refractivity contribution >= 4 is 20.9 Å². The van der Waals surface area contributed by atoms with Gasteiger partial charge in [-0.25, -0.2) is 0 Å². The summed E-state index contributed by atoms with van der Waals surface area (Å²) in [6, 6.07) is 0. The van der Waals surface area contributed by atoms with Gasteiger partial charge in [0.1, 0.15) is 0 Å². The predicted octanol–water partition coefficient (Wildman–Crippen LogP) is 0.864. The van der Waals surface area contributed by atoms with Crippen LogP contribution in [0, 0.1) is 0 Å². The standard InChI is InChI=1S/C3H7OTe/c1-2-3-5-4/h2-3H2,1H3. The summed E-state index contributed by atoms with van der Waals surface area (Å²) in [7, 11) is 0. The minimum absolute atomic E-state index is 0.777. The zero-order valence-corrected chi connectivity index (χ0v) is 5.56. The van der Waals surface area contributed by atoms with E-state index in [1.807, 2.05) is 6.92 Å². The third-order valence-electron chi connectivity index (χ3n) is 0.287. The van der Waals surface area contributed by atoms with Crippen LogP contribution in [-0.2, 0) is 3.10 Å². The van der Waals surface area contributed by atoms with Crippen LogP contribution in [0.25, 0.3) is 0 Å². The van der Waals surface area contributed by atoms with Gasteiger partial charge in [0.15, 0.2) is 0 Å². The van der Waals surface area contributed by atoms with Gasteiger partial charge in [-0.1, -0.05) is 0 Å². The molecule has 0 rings (SSSR count). The van der Waals surface area contributed by atoms with E-state index in [1.165, 1.54) is 0 Å². The molecule has 0 heterocycles. The average molecular weight is 187 g/mol. The van der Waals surface area contributed by atoms with Gasteiger partial charge >= 0.3 is 41.8 Å². The second-order valence-electron chi connectivity index (χ2n) is 0.822. The van der Waals surface area contributed by atoms with Crippen molar-refractivity contribution in [3.8, 4) is 0 Å². The first-order chi connectivity index (χ1) is 2.41. The summed E-state index contributed by atoms with van der Waals surface area (Å²) in [6.45, 7) is 2.04. The van der Waals surface area contributed by atoms with Crippen LogP contribution in [0.3, 0.4) is 0 Å². The van der Waals surface area contributed by atoms with E-state index in [1.54, 1.807) is 0 Å². The van der Waals surface area contributed by atoms with Gasteiger partial charge in [0, 0.05) is 0 Å². The number of hydrogen-bond acceptors (Lipinski definition) is 1. The van der Waals surface area contributed by atoms with Gasteiger partial charge in [-0.2, -0.15) is 0 Å². The van der Waals surface area contributed by atoms with E-state index in [9.17, 15) is 3.10 Å². The molecule has 0 atom stereocenters. The first-order valence-corrected chi connectivity index (χ1v) is 4.26. The fourth-order valence-electron chi connectivity index (χ4n) is 0.0833. The van der Waals surface area contributed by atoms with Gasteiger partial charge < -0.3 is 0 Å². The Morgan fingerprint density at radius 2 is 2.40 bits per heavy atom. The molecular formula is C3H7OTe. The van der Waals surface area contributed by atoms with Crippen LogP contribution in [0.5, 0.6) is 0 Å². The molecule has 0 N–H and O–H groups in total. The molecule has 0 bridgehead atoms. The van der Waals surface area contributed by atoms with Crippen molar-refractivity contribution in [3.05, 3.63) is 0 Å². The first kappa shape index (κ1) is 5.59. The van der Waals surface area contributed by atoms with Crippen LogP contribution >= 0.6 is 0 Å². The third kappa shape index (κ3) is 4.59. The molecule has 0 aliphatic heterocycles. The molecule has 0 spiro atoms. The molecule has 0 amide bonds. The van der Waals surface area contributed by atoms with Gasteiger partial charge in [-0.15, -0.1) is 0 Å². The van der Waals surface area contributed by atoms with Crippen LogP contribution < -0.4 is 0 Å². The van der Waals surface area contributed by atoms with E-state index in [0.717, 1.165) is 10.9 Å². The van der Waals surface area contributed by atoms with E-state index in [0.29, 0.717) is 0 Å². The van der Waals surface area contributed by atoms with Crippen LogP contribution in [0.4, 0.5) is 0 Å². The van der Waals surface area contributed by atoms with Crippen molar-refractivity contribution in [2.45, 2.75) is 17.8 Å². The van der Waals surface area contributed by atoms with Crippen LogP contribution in [-0.4, -0.2) is 20.9 Å². The van der Waals surface area contributed by atoms with Gasteiger partial charge in [0.05, 0.1) is 0 Å². The summed E-state index contributed by atoms with van der Waals surface area (Å²) in [5, 5.41) is 0. The SMILES string of the molecule is CCC[Te]=O. The van der Waals surface area contributed by atoms with Crippen LogP contribution in [0.1, 0.15) is 13.3 Å². The molecule has 0 fully saturated rings. The number of rotatable bonds is 2. The molecule has 31 valence electrons. The van der Waals surface area contributed by atoms with E-state index in [2.05, 4.69) is 0 Å². The summed E-state index contributed by atoms with van der Waals surface area (Å²) in [6.07, 6.45) is 1.09. The van der Waals surface area contributed by atoms with Crippen molar-refractivity contribution in [1.29, 1.82) is 0 Å². The Morgan fingerprint density at radius 1 is 1.80 bits per heavy atom. The monoisotopic (exact) mass is 189 g/mol. The molecular weight excluding hydrogens is 180 g/mol. The van der Waals surface area contributed by atoms with E-state index in [-0.39, 0.29) is 0 Å². The fourth-order valence-corrected chi connectivity index (χ4v) is 0.559. The van der Waals surface area contributed by atoms with E-state index >= 15 is 0 Å². The zero-order chi connectivity index (χ0) is 4.12. The van der Waals surface area contributed by atoms with Gasteiger partial charge in [-0.05, 0) is 0 Å². The van der Waals surface area contributed by atoms with Crippen molar-refractivity contribution in [1.82, 2.24) is 0 Å². The molecule has 5 heavy (non-hydrogen) atoms. The quantitative estimate of drug-likeness (QED) is 0.585. The minimum atomic E-state index is -0.777. The summed E-state index contributed by atoms with van der Waals surface area (Å²) in [5.41, 5.74) is 0. The summed E-state index contributed by atoms with van der Waals surface area (Å²) in [5.74, 6) is 0. The molecule has 2 heteroatoms. The second-order valence-corrected chi connectivity index (χ2v) is 2.66. The van der Waals surface area contributed by atoms with Gasteiger partial charge in [0.25, 0.3) is 0 Å². The van der Waals surface area contributed by atoms with Gasteiger partial charge in [0.2, 0.25) is 0 Å². The Labute approximate surface area is 42.2 Å². The Morgan fingerprint density at radius 3 is 2.40 bits per heavy atom. The second kappa shape index (κ2) is 4.59. The maximum absolute atomic E-state index is 9.66. The number of hydrogen-bond donors (Lipinski definition) is 0. The van der Waals surface area contributed by atoms with Crippen molar-refractivity contribution in [2.24, 2.45) is 0 Å². The zero-order valence-electron chi connectivity index (χ0n) is 3.23. The van der Waals surface area contributed by atoms with Crippen LogP contribution in [0.2, 0.25) is 4.47 Å². The molecule has 0 aromatic carbocycles. The Balaban J connectivity index is 2.40. The van der Waals surface area contributed by atoms with Gasteiger partial charge in [-0.3, -0.25) is 0 Å². The summed E-state index contributed by atoms with van der Waals surface area (Å²) < 4.78 is 10.6. The molecule has 1 nitrogen and oxygen atoms in total. The maximum atomic E-state index is 9.66. The first-order valence-electron chi connectivity index (χ1n) is 1.66. The molecule has 1 radical (unpaired) electrons. The Bertz CT molecular complexity index is 28.1. The molecule has 0 aromatic heterocycles. The fraction of sp³-hybridized carbons (Fsp3) is 1.00. The normalized spacial score (nSPS) is 7.40. The van der Waals surface area contributed by atoms with Crippen LogP contribution in [0.15, 0.2) is 0 Å². The molecule has 0 aliphatic carbocycles. The third-order valence-corrected chi connectivity index (χ3v) is 1.93. The average Bonchev–Trinajstić information content (AvgIpc) is 1.41. The molecule has 0 unspecified atom stereocenters. The van der Waals surface area contributed by atoms with E-state index in [4.69, 9.17) is 0 Å². The van der Waals surface area contributed by atoms with Crippen molar-refractivity contribution in [2.75, 3.05) is 0 Å². The topological polar surface area (TPSA) is 17.1 Å². The van der Waals surface area contributed by atoms with Crippen molar-refractivity contribution < 1.29 is 3.10 Å².